The number of hydrogen-bond donors (Lipinski definition) is 0. The fourth-order valence-electron chi connectivity index (χ4n) is 4.03. The molecule has 31 heavy (non-hydrogen) atoms. The topological polar surface area (TPSA) is 9.23 Å². The molecular formula is C26H24F2OSi2. The Kier molecular flexibility index (Phi) is 6.56. The lowest BCUT2D eigenvalue weighted by molar-refractivity contribution is 0.448. The second-order valence-electron chi connectivity index (χ2n) is 7.51. The third kappa shape index (κ3) is 4.04. The van der Waals surface area contributed by atoms with Crippen LogP contribution in [0.3, 0.4) is 0 Å². The van der Waals surface area contributed by atoms with E-state index in [0.29, 0.717) is 5.19 Å². The van der Waals surface area contributed by atoms with Crippen LogP contribution in [0.15, 0.2) is 121 Å². The highest BCUT2D eigenvalue weighted by molar-refractivity contribution is 7.12. The van der Waals surface area contributed by atoms with E-state index in [2.05, 4.69) is 0 Å². The van der Waals surface area contributed by atoms with Gasteiger partial charge in [0, 0.05) is 0 Å². The molecule has 156 valence electrons. The lowest BCUT2D eigenvalue weighted by atomic mass is 10.3. The van der Waals surface area contributed by atoms with Crippen LogP contribution in [0.4, 0.5) is 8.78 Å². The minimum atomic E-state index is -3.57. The van der Waals surface area contributed by atoms with Crippen LogP contribution in [0.2, 0.25) is 0 Å². The quantitative estimate of drug-likeness (QED) is 0.297. The first-order chi connectivity index (χ1) is 15.2. The van der Waals surface area contributed by atoms with Gasteiger partial charge in [0.15, 0.2) is 0 Å². The zero-order valence-corrected chi connectivity index (χ0v) is 19.1. The molecule has 4 rings (SSSR count). The molecular weight excluding hydrogens is 422 g/mol. The number of rotatable bonds is 8. The summed E-state index contributed by atoms with van der Waals surface area (Å²) in [6.07, 6.45) is -1.65. The predicted molar refractivity (Wildman–Crippen MR) is 129 cm³/mol. The van der Waals surface area contributed by atoms with Gasteiger partial charge in [0.1, 0.15) is 12.6 Å². The molecule has 0 bridgehead atoms. The highest BCUT2D eigenvalue weighted by Gasteiger charge is 2.51. The summed E-state index contributed by atoms with van der Waals surface area (Å²) in [7, 11) is -6.78. The molecule has 0 aliphatic heterocycles. The molecule has 0 atom stereocenters. The van der Waals surface area contributed by atoms with Gasteiger partial charge in [-0.3, -0.25) is 8.78 Å². The fourth-order valence-corrected chi connectivity index (χ4v) is 12.9. The Bertz CT molecular complexity index is 977. The van der Waals surface area contributed by atoms with E-state index in [1.807, 2.05) is 109 Å². The van der Waals surface area contributed by atoms with Crippen LogP contribution in [0, 0.1) is 0 Å². The number of benzene rings is 4. The standard InChI is InChI=1S/C26H24F2OSi2/c27-21-30(22-28,23-13-5-1-6-14-23)29-31(24-15-7-2-8-16-24,25-17-9-3-10-18-25)26-19-11-4-12-20-26/h1-20H,21-22H2. The third-order valence-corrected chi connectivity index (χ3v) is 14.1. The van der Waals surface area contributed by atoms with Crippen molar-refractivity contribution < 1.29 is 12.9 Å². The zero-order valence-electron chi connectivity index (χ0n) is 17.1. The van der Waals surface area contributed by atoms with Crippen LogP contribution in [0.1, 0.15) is 0 Å². The lowest BCUT2D eigenvalue weighted by Gasteiger charge is -2.41. The lowest BCUT2D eigenvalue weighted by Crippen LogP contribution is -2.76. The van der Waals surface area contributed by atoms with Crippen molar-refractivity contribution in [1.29, 1.82) is 0 Å². The molecule has 0 aromatic heterocycles. The van der Waals surface area contributed by atoms with E-state index >= 15 is 0 Å². The van der Waals surface area contributed by atoms with E-state index in [-0.39, 0.29) is 0 Å². The molecule has 0 saturated heterocycles. The van der Waals surface area contributed by atoms with Crippen LogP contribution < -0.4 is 20.7 Å². The minimum Gasteiger partial charge on any atom is -0.439 e. The Morgan fingerprint density at radius 1 is 0.452 bits per heavy atom. The van der Waals surface area contributed by atoms with Crippen LogP contribution >= 0.6 is 0 Å². The Morgan fingerprint density at radius 2 is 0.742 bits per heavy atom. The zero-order chi connectivity index (χ0) is 21.6. The average Bonchev–Trinajstić information content (AvgIpc) is 2.87. The molecule has 0 radical (unpaired) electrons. The second-order valence-corrected chi connectivity index (χ2v) is 14.5. The van der Waals surface area contributed by atoms with Crippen molar-refractivity contribution >= 4 is 37.4 Å². The van der Waals surface area contributed by atoms with Gasteiger partial charge in [0.2, 0.25) is 0 Å². The summed E-state index contributed by atoms with van der Waals surface area (Å²) in [5.41, 5.74) is 0. The molecule has 1 nitrogen and oxygen atoms in total. The summed E-state index contributed by atoms with van der Waals surface area (Å²) in [5.74, 6) is 0. The Labute approximate surface area is 184 Å². The molecule has 5 heteroatoms. The van der Waals surface area contributed by atoms with Gasteiger partial charge in [-0.1, -0.05) is 121 Å². The number of halogens is 2. The molecule has 4 aromatic rings. The normalized spacial score (nSPS) is 11.9. The van der Waals surface area contributed by atoms with Gasteiger partial charge in [-0.2, -0.15) is 0 Å². The average molecular weight is 447 g/mol. The van der Waals surface area contributed by atoms with E-state index in [9.17, 15) is 8.78 Å². The fraction of sp³-hybridized carbons (Fsp3) is 0.0769. The molecule has 0 unspecified atom stereocenters. The van der Waals surface area contributed by atoms with Gasteiger partial charge >= 0.3 is 0 Å². The van der Waals surface area contributed by atoms with Crippen molar-refractivity contribution in [1.82, 2.24) is 0 Å². The van der Waals surface area contributed by atoms with Crippen LogP contribution in [-0.2, 0) is 4.12 Å². The predicted octanol–water partition coefficient (Wildman–Crippen LogP) is 3.54. The van der Waals surface area contributed by atoms with Crippen molar-refractivity contribution in [2.75, 3.05) is 12.6 Å². The van der Waals surface area contributed by atoms with Crippen LogP contribution in [0.25, 0.3) is 0 Å². The van der Waals surface area contributed by atoms with Gasteiger partial charge in [-0.25, -0.2) is 0 Å². The molecule has 0 fully saturated rings. The van der Waals surface area contributed by atoms with Gasteiger partial charge in [-0.05, 0) is 20.7 Å². The van der Waals surface area contributed by atoms with Gasteiger partial charge in [0.05, 0.1) is 0 Å². The Morgan fingerprint density at radius 3 is 1.03 bits per heavy atom. The van der Waals surface area contributed by atoms with Crippen molar-refractivity contribution in [2.24, 2.45) is 0 Å². The van der Waals surface area contributed by atoms with Crippen molar-refractivity contribution in [3.8, 4) is 0 Å². The first-order valence-corrected chi connectivity index (χ1v) is 14.5. The summed E-state index contributed by atoms with van der Waals surface area (Å²) in [6, 6.07) is 38.8. The Balaban J connectivity index is 2.02. The molecule has 0 amide bonds. The second kappa shape index (κ2) is 9.51. The maximum absolute atomic E-state index is 14.8. The van der Waals surface area contributed by atoms with Gasteiger partial charge < -0.3 is 4.12 Å². The first-order valence-electron chi connectivity index (χ1n) is 10.3. The van der Waals surface area contributed by atoms with Crippen LogP contribution in [-0.4, -0.2) is 29.2 Å². The van der Waals surface area contributed by atoms with E-state index in [0.717, 1.165) is 15.6 Å². The maximum Gasteiger partial charge on any atom is 0.278 e. The molecule has 0 N–H and O–H groups in total. The summed E-state index contributed by atoms with van der Waals surface area (Å²) in [4.78, 5) is 0. The van der Waals surface area contributed by atoms with E-state index < -0.39 is 29.2 Å². The van der Waals surface area contributed by atoms with Crippen molar-refractivity contribution in [3.05, 3.63) is 121 Å². The Hall–Kier alpha value is -2.87. The van der Waals surface area contributed by atoms with Crippen molar-refractivity contribution in [2.45, 2.75) is 0 Å². The monoisotopic (exact) mass is 446 g/mol. The highest BCUT2D eigenvalue weighted by Crippen LogP contribution is 2.18. The summed E-state index contributed by atoms with van der Waals surface area (Å²) < 4.78 is 36.6. The number of alkyl halides is 2. The molecule has 0 saturated carbocycles. The summed E-state index contributed by atoms with van der Waals surface area (Å²) >= 11 is 0. The van der Waals surface area contributed by atoms with Gasteiger partial charge in [-0.15, -0.1) is 0 Å². The molecule has 4 aromatic carbocycles. The molecule has 0 aliphatic rings. The maximum atomic E-state index is 14.8. The largest absolute Gasteiger partial charge is 0.439 e. The summed E-state index contributed by atoms with van der Waals surface area (Å²) in [6.45, 7) is 0. The first kappa shape index (κ1) is 21.4. The number of hydrogen-bond acceptors (Lipinski definition) is 1. The summed E-state index contributed by atoms with van der Waals surface area (Å²) in [5, 5.41) is 3.56. The minimum absolute atomic E-state index is 0.639. The van der Waals surface area contributed by atoms with Crippen molar-refractivity contribution in [3.63, 3.8) is 0 Å². The van der Waals surface area contributed by atoms with E-state index in [4.69, 9.17) is 4.12 Å². The SMILES string of the molecule is FC[Si](CF)(O[Si](c1ccccc1)(c1ccccc1)c1ccccc1)c1ccccc1. The van der Waals surface area contributed by atoms with Gasteiger partial charge in [0.25, 0.3) is 16.6 Å². The van der Waals surface area contributed by atoms with E-state index in [1.165, 1.54) is 0 Å². The van der Waals surface area contributed by atoms with Crippen LogP contribution in [0.5, 0.6) is 0 Å². The van der Waals surface area contributed by atoms with E-state index in [1.54, 1.807) is 12.1 Å². The third-order valence-electron chi connectivity index (χ3n) is 5.62. The molecule has 0 heterocycles. The highest BCUT2D eigenvalue weighted by atomic mass is 28.4. The smallest absolute Gasteiger partial charge is 0.278 e. The molecule has 0 spiro atoms. The molecule has 0 aliphatic carbocycles.